The Morgan fingerprint density at radius 2 is 1.94 bits per heavy atom. The number of nitrogens with zero attached hydrogens (tertiary/aromatic N) is 2. The average Bonchev–Trinajstić information content (AvgIpc) is 3.38. The van der Waals surface area contributed by atoms with E-state index in [2.05, 4.69) is 27.4 Å². The molecule has 7 atom stereocenters. The van der Waals surface area contributed by atoms with Crippen LogP contribution in [0.2, 0.25) is 0 Å². The molecule has 35 heavy (non-hydrogen) atoms. The molecule has 198 valence electrons. The maximum Gasteiger partial charge on any atom is 0.308 e. The topological polar surface area (TPSA) is 98.2 Å². The highest BCUT2D eigenvalue weighted by molar-refractivity contribution is 8.02. The van der Waals surface area contributed by atoms with Crippen LogP contribution in [0.25, 0.3) is 0 Å². The molecule has 0 aromatic rings. The smallest absolute Gasteiger partial charge is 0.308 e. The van der Waals surface area contributed by atoms with Gasteiger partial charge >= 0.3 is 5.97 Å². The van der Waals surface area contributed by atoms with Gasteiger partial charge in [0.15, 0.2) is 0 Å². The predicted octanol–water partition coefficient (Wildman–Crippen LogP) is 3.80. The lowest BCUT2D eigenvalue weighted by atomic mass is 9.71. The number of amides is 2. The summed E-state index contributed by atoms with van der Waals surface area (Å²) in [5, 5.41) is 20.3. The number of carboxylic acids is 1. The fourth-order valence-corrected chi connectivity index (χ4v) is 9.32. The first-order chi connectivity index (χ1) is 16.2. The molecule has 3 heterocycles. The van der Waals surface area contributed by atoms with E-state index in [1.807, 2.05) is 32.6 Å². The fraction of sp³-hybridized carbons (Fsp3) is 0.815. The summed E-state index contributed by atoms with van der Waals surface area (Å²) < 4.78 is -0.778. The number of carbonyl (C=O) groups excluding carboxylic acids is 2. The first-order valence-electron chi connectivity index (χ1n) is 12.9. The molecule has 3 aliphatic rings. The van der Waals surface area contributed by atoms with E-state index in [-0.39, 0.29) is 35.0 Å². The third-order valence-corrected chi connectivity index (χ3v) is 10.3. The molecular weight excluding hydrogens is 464 g/mol. The second-order valence-electron chi connectivity index (χ2n) is 12.6. The van der Waals surface area contributed by atoms with Gasteiger partial charge in [-0.1, -0.05) is 47.1 Å². The average molecular weight is 509 g/mol. The van der Waals surface area contributed by atoms with Crippen molar-refractivity contribution in [2.75, 3.05) is 13.2 Å². The molecule has 2 amide bonds. The Kier molecular flexibility index (Phi) is 7.79. The minimum absolute atomic E-state index is 0.0320. The SMILES string of the molecule is C=CCN(C(=O)C1N([C@@H](CO)[C@@H](C)CC)C(=O)[C@@H]2[C@@H](C(=O)O)[C@H]3CCC12S3)C(C)(C)CC(C)(C)C. The van der Waals surface area contributed by atoms with E-state index < -0.39 is 40.2 Å². The number of aliphatic hydroxyl groups excluding tert-OH is 1. The summed E-state index contributed by atoms with van der Waals surface area (Å²) in [6.45, 7) is 18.5. The summed E-state index contributed by atoms with van der Waals surface area (Å²) in [4.78, 5) is 44.4. The van der Waals surface area contributed by atoms with Crippen LogP contribution in [0.15, 0.2) is 12.7 Å². The Morgan fingerprint density at radius 1 is 1.31 bits per heavy atom. The van der Waals surface area contributed by atoms with Gasteiger partial charge in [-0.25, -0.2) is 0 Å². The second-order valence-corrected chi connectivity index (χ2v) is 14.2. The number of aliphatic hydroxyl groups is 1. The maximum atomic E-state index is 14.6. The van der Waals surface area contributed by atoms with E-state index in [9.17, 15) is 24.6 Å². The molecule has 1 spiro atoms. The van der Waals surface area contributed by atoms with Gasteiger partial charge in [0.05, 0.1) is 29.2 Å². The van der Waals surface area contributed by atoms with Gasteiger partial charge in [0, 0.05) is 17.3 Å². The molecule has 0 saturated carbocycles. The minimum atomic E-state index is -0.962. The Hall–Kier alpha value is -1.54. The van der Waals surface area contributed by atoms with Crippen molar-refractivity contribution in [3.05, 3.63) is 12.7 Å². The third-order valence-electron chi connectivity index (χ3n) is 8.37. The summed E-state index contributed by atoms with van der Waals surface area (Å²) in [5.41, 5.74) is -0.542. The van der Waals surface area contributed by atoms with E-state index in [0.29, 0.717) is 19.4 Å². The van der Waals surface area contributed by atoms with E-state index in [4.69, 9.17) is 0 Å². The van der Waals surface area contributed by atoms with Crippen molar-refractivity contribution < 1.29 is 24.6 Å². The van der Waals surface area contributed by atoms with Gasteiger partial charge in [0.1, 0.15) is 6.04 Å². The highest BCUT2D eigenvalue weighted by Crippen LogP contribution is 2.67. The lowest BCUT2D eigenvalue weighted by Gasteiger charge is -2.47. The highest BCUT2D eigenvalue weighted by atomic mass is 32.2. The first-order valence-corrected chi connectivity index (χ1v) is 13.8. The Balaban J connectivity index is 2.15. The van der Waals surface area contributed by atoms with E-state index in [1.165, 1.54) is 11.8 Å². The predicted molar refractivity (Wildman–Crippen MR) is 139 cm³/mol. The molecule has 2 unspecified atom stereocenters. The van der Waals surface area contributed by atoms with Crippen LogP contribution in [-0.2, 0) is 14.4 Å². The summed E-state index contributed by atoms with van der Waals surface area (Å²) in [6.07, 6.45) is 4.52. The third kappa shape index (κ3) is 4.65. The maximum absolute atomic E-state index is 14.6. The van der Waals surface area contributed by atoms with Crippen molar-refractivity contribution in [1.29, 1.82) is 0 Å². The van der Waals surface area contributed by atoms with Gasteiger partial charge in [0.2, 0.25) is 11.8 Å². The van der Waals surface area contributed by atoms with Crippen molar-refractivity contribution in [3.63, 3.8) is 0 Å². The molecule has 8 heteroatoms. The van der Waals surface area contributed by atoms with Crippen LogP contribution in [0, 0.1) is 23.2 Å². The molecular formula is C27H44N2O5S. The zero-order valence-corrected chi connectivity index (χ0v) is 23.2. The molecule has 2 N–H and O–H groups in total. The van der Waals surface area contributed by atoms with E-state index >= 15 is 0 Å². The van der Waals surface area contributed by atoms with Crippen molar-refractivity contribution in [2.24, 2.45) is 23.2 Å². The zero-order valence-electron chi connectivity index (χ0n) is 22.4. The highest BCUT2D eigenvalue weighted by Gasteiger charge is 2.75. The molecule has 3 aliphatic heterocycles. The number of likely N-dealkylation sites (tertiary alicyclic amines) is 1. The lowest BCUT2D eigenvalue weighted by molar-refractivity contribution is -0.151. The number of aliphatic carboxylic acids is 1. The van der Waals surface area contributed by atoms with Crippen LogP contribution >= 0.6 is 11.8 Å². The molecule has 0 aliphatic carbocycles. The summed E-state index contributed by atoms with van der Waals surface area (Å²) in [5.74, 6) is -2.97. The van der Waals surface area contributed by atoms with Crippen LogP contribution in [-0.4, -0.2) is 78.6 Å². The van der Waals surface area contributed by atoms with Crippen LogP contribution in [0.4, 0.5) is 0 Å². The van der Waals surface area contributed by atoms with Gasteiger partial charge in [0.25, 0.3) is 0 Å². The van der Waals surface area contributed by atoms with Gasteiger partial charge in [-0.05, 0) is 44.4 Å². The molecule has 0 radical (unpaired) electrons. The quantitative estimate of drug-likeness (QED) is 0.436. The zero-order chi connectivity index (χ0) is 26.5. The van der Waals surface area contributed by atoms with Crippen molar-refractivity contribution >= 4 is 29.5 Å². The minimum Gasteiger partial charge on any atom is -0.481 e. The molecule has 0 aromatic heterocycles. The first kappa shape index (κ1) is 28.0. The standard InChI is InChI=1S/C27H44N2O5S/c1-9-13-28(26(7,8)15-25(4,5)6)23(32)21-27-12-11-18(35-27)19(24(33)34)20(27)22(31)29(21)17(14-30)16(3)10-2/h9,16-21,30H,1,10-15H2,2-8H3,(H,33,34)/t16-,17-,18+,19-,20-,21?,27?/m0/s1. The normalized spacial score (nSPS) is 31.9. The second kappa shape index (κ2) is 9.73. The number of hydrogen-bond acceptors (Lipinski definition) is 5. The Morgan fingerprint density at radius 3 is 2.43 bits per heavy atom. The number of rotatable bonds is 10. The van der Waals surface area contributed by atoms with E-state index in [1.54, 1.807) is 11.0 Å². The van der Waals surface area contributed by atoms with Gasteiger partial charge in [-0.3, -0.25) is 14.4 Å². The Labute approximate surface area is 214 Å². The van der Waals surface area contributed by atoms with Gasteiger partial charge in [-0.15, -0.1) is 18.3 Å². The monoisotopic (exact) mass is 508 g/mol. The van der Waals surface area contributed by atoms with Crippen LogP contribution in [0.5, 0.6) is 0 Å². The number of thioether (sulfide) groups is 1. The number of fused-ring (bicyclic) bond motifs is 1. The van der Waals surface area contributed by atoms with Crippen molar-refractivity contribution in [1.82, 2.24) is 9.80 Å². The van der Waals surface area contributed by atoms with E-state index in [0.717, 1.165) is 12.8 Å². The number of carboxylic acid groups (broad SMARTS) is 1. The summed E-state index contributed by atoms with van der Waals surface area (Å²) in [6, 6.07) is -1.34. The van der Waals surface area contributed by atoms with Gasteiger partial charge < -0.3 is 20.0 Å². The van der Waals surface area contributed by atoms with Crippen LogP contribution in [0.3, 0.4) is 0 Å². The molecule has 3 saturated heterocycles. The summed E-state index contributed by atoms with van der Waals surface area (Å²) in [7, 11) is 0. The van der Waals surface area contributed by atoms with Crippen molar-refractivity contribution in [2.45, 2.75) is 102 Å². The largest absolute Gasteiger partial charge is 0.481 e. The van der Waals surface area contributed by atoms with Gasteiger partial charge in [-0.2, -0.15) is 0 Å². The van der Waals surface area contributed by atoms with Crippen molar-refractivity contribution in [3.8, 4) is 0 Å². The lowest BCUT2D eigenvalue weighted by Crippen LogP contribution is -2.62. The Bertz CT molecular complexity index is 868. The molecule has 7 nitrogen and oxygen atoms in total. The molecule has 3 fully saturated rings. The molecule has 3 rings (SSSR count). The summed E-state index contributed by atoms with van der Waals surface area (Å²) >= 11 is 1.54. The fourth-order valence-electron chi connectivity index (χ4n) is 7.13. The molecule has 0 aromatic carbocycles. The molecule has 2 bridgehead atoms. The van der Waals surface area contributed by atoms with Crippen LogP contribution < -0.4 is 0 Å². The number of carbonyl (C=O) groups is 3. The number of hydrogen-bond donors (Lipinski definition) is 2. The van der Waals surface area contributed by atoms with Crippen LogP contribution in [0.1, 0.15) is 74.1 Å².